The van der Waals surface area contributed by atoms with E-state index in [-0.39, 0.29) is 5.78 Å². The number of allylic oxidation sites excluding steroid dienone is 2. The molecule has 1 aromatic carbocycles. The maximum absolute atomic E-state index is 12.1. The van der Waals surface area contributed by atoms with Crippen molar-refractivity contribution in [3.8, 4) is 0 Å². The van der Waals surface area contributed by atoms with Crippen LogP contribution in [0.25, 0.3) is 0 Å². The minimum absolute atomic E-state index is 0.0139. The van der Waals surface area contributed by atoms with Crippen LogP contribution in [0.2, 0.25) is 0 Å². The SMILES string of the molecule is COC1(N)C=CC(C(=O)c2ccccc2)=CC1. The van der Waals surface area contributed by atoms with Gasteiger partial charge < -0.3 is 4.74 Å². The highest BCUT2D eigenvalue weighted by Gasteiger charge is 2.24. The van der Waals surface area contributed by atoms with Gasteiger partial charge in [-0.25, -0.2) is 0 Å². The Morgan fingerprint density at radius 3 is 2.59 bits per heavy atom. The first-order valence-corrected chi connectivity index (χ1v) is 5.48. The molecule has 1 atom stereocenters. The standard InChI is InChI=1S/C14H15NO2/c1-17-14(15)9-7-12(8-10-14)13(16)11-5-3-2-4-6-11/h2-9H,10,15H2,1H3. The van der Waals surface area contributed by atoms with E-state index in [4.69, 9.17) is 10.5 Å². The summed E-state index contributed by atoms with van der Waals surface area (Å²) < 4.78 is 5.15. The molecule has 0 bridgehead atoms. The minimum atomic E-state index is -0.777. The molecule has 1 aliphatic carbocycles. The molecule has 3 heteroatoms. The number of ether oxygens (including phenoxy) is 1. The molecule has 0 saturated heterocycles. The number of nitrogens with two attached hydrogens (primary N) is 1. The molecule has 0 aliphatic heterocycles. The van der Waals surface area contributed by atoms with Crippen LogP contribution in [-0.4, -0.2) is 18.6 Å². The third kappa shape index (κ3) is 2.52. The van der Waals surface area contributed by atoms with Crippen LogP contribution in [0.5, 0.6) is 0 Å². The average molecular weight is 229 g/mol. The smallest absolute Gasteiger partial charge is 0.192 e. The fourth-order valence-corrected chi connectivity index (χ4v) is 1.71. The van der Waals surface area contributed by atoms with Crippen molar-refractivity contribution in [3.63, 3.8) is 0 Å². The zero-order valence-electron chi connectivity index (χ0n) is 9.72. The second-order valence-corrected chi connectivity index (χ2v) is 4.05. The fourth-order valence-electron chi connectivity index (χ4n) is 1.71. The topological polar surface area (TPSA) is 52.3 Å². The maximum atomic E-state index is 12.1. The van der Waals surface area contributed by atoms with Crippen molar-refractivity contribution in [2.24, 2.45) is 5.73 Å². The third-order valence-corrected chi connectivity index (χ3v) is 2.86. The number of benzene rings is 1. The van der Waals surface area contributed by atoms with Crippen LogP contribution in [0.3, 0.4) is 0 Å². The summed E-state index contributed by atoms with van der Waals surface area (Å²) in [6.07, 6.45) is 5.78. The van der Waals surface area contributed by atoms with Crippen molar-refractivity contribution in [1.29, 1.82) is 0 Å². The Morgan fingerprint density at radius 1 is 1.35 bits per heavy atom. The number of Topliss-reactive ketones (excluding diaryl/α,β-unsaturated/α-hetero) is 1. The Hall–Kier alpha value is -1.71. The lowest BCUT2D eigenvalue weighted by Crippen LogP contribution is -2.40. The van der Waals surface area contributed by atoms with Gasteiger partial charge in [-0.1, -0.05) is 42.5 Å². The van der Waals surface area contributed by atoms with Gasteiger partial charge in [-0.05, 0) is 6.08 Å². The third-order valence-electron chi connectivity index (χ3n) is 2.86. The van der Waals surface area contributed by atoms with Crippen LogP contribution in [0, 0.1) is 0 Å². The molecule has 0 saturated carbocycles. The predicted octanol–water partition coefficient (Wildman–Crippen LogP) is 2.06. The van der Waals surface area contributed by atoms with E-state index in [1.807, 2.05) is 24.3 Å². The van der Waals surface area contributed by atoms with Gasteiger partial charge in [-0.15, -0.1) is 0 Å². The van der Waals surface area contributed by atoms with Crippen molar-refractivity contribution >= 4 is 5.78 Å². The van der Waals surface area contributed by atoms with Crippen LogP contribution < -0.4 is 5.73 Å². The summed E-state index contributed by atoms with van der Waals surface area (Å²) >= 11 is 0. The zero-order chi connectivity index (χ0) is 12.3. The lowest BCUT2D eigenvalue weighted by Gasteiger charge is -2.25. The second-order valence-electron chi connectivity index (χ2n) is 4.05. The Labute approximate surface area is 101 Å². The maximum Gasteiger partial charge on any atom is 0.192 e. The molecule has 0 amide bonds. The highest BCUT2D eigenvalue weighted by Crippen LogP contribution is 2.21. The number of ketones is 1. The number of carbonyl (C=O) groups excluding carboxylic acids is 1. The van der Waals surface area contributed by atoms with Gasteiger partial charge in [-0.3, -0.25) is 10.5 Å². The van der Waals surface area contributed by atoms with Crippen LogP contribution in [0.4, 0.5) is 0 Å². The summed E-state index contributed by atoms with van der Waals surface area (Å²) in [5.41, 5.74) is 6.46. The lowest BCUT2D eigenvalue weighted by molar-refractivity contribution is 0.0393. The van der Waals surface area contributed by atoms with E-state index in [2.05, 4.69) is 0 Å². The minimum Gasteiger partial charge on any atom is -0.360 e. The summed E-state index contributed by atoms with van der Waals surface area (Å²) in [6.45, 7) is 0. The van der Waals surface area contributed by atoms with Gasteiger partial charge in [0.2, 0.25) is 0 Å². The molecule has 0 radical (unpaired) electrons. The van der Waals surface area contributed by atoms with E-state index in [9.17, 15) is 4.79 Å². The van der Waals surface area contributed by atoms with Crippen LogP contribution in [0.15, 0.2) is 54.1 Å². The fraction of sp³-hybridized carbons (Fsp3) is 0.214. The molecule has 2 rings (SSSR count). The molecule has 2 N–H and O–H groups in total. The molecule has 0 aromatic heterocycles. The number of methoxy groups -OCH3 is 1. The molecule has 88 valence electrons. The van der Waals surface area contributed by atoms with E-state index < -0.39 is 5.72 Å². The molecule has 1 unspecified atom stereocenters. The summed E-state index contributed by atoms with van der Waals surface area (Å²) in [7, 11) is 1.56. The van der Waals surface area contributed by atoms with Gasteiger partial charge in [0.1, 0.15) is 5.72 Å². The molecule has 0 fully saturated rings. The molecule has 17 heavy (non-hydrogen) atoms. The molecule has 0 spiro atoms. The highest BCUT2D eigenvalue weighted by atomic mass is 16.5. The van der Waals surface area contributed by atoms with Crippen molar-refractivity contribution in [2.75, 3.05) is 7.11 Å². The van der Waals surface area contributed by atoms with E-state index in [1.165, 1.54) is 0 Å². The van der Waals surface area contributed by atoms with Gasteiger partial charge in [0.25, 0.3) is 0 Å². The van der Waals surface area contributed by atoms with Crippen LogP contribution >= 0.6 is 0 Å². The normalized spacial score (nSPS) is 23.3. The molecule has 1 aromatic rings. The summed E-state index contributed by atoms with van der Waals surface area (Å²) in [5.74, 6) is 0.0139. The van der Waals surface area contributed by atoms with Crippen molar-refractivity contribution in [2.45, 2.75) is 12.1 Å². The lowest BCUT2D eigenvalue weighted by atomic mass is 9.94. The quantitative estimate of drug-likeness (QED) is 0.637. The van der Waals surface area contributed by atoms with E-state index in [0.717, 1.165) is 0 Å². The van der Waals surface area contributed by atoms with Gasteiger partial charge in [0, 0.05) is 24.7 Å². The van der Waals surface area contributed by atoms with E-state index in [1.54, 1.807) is 31.4 Å². The largest absolute Gasteiger partial charge is 0.360 e. The van der Waals surface area contributed by atoms with E-state index >= 15 is 0 Å². The van der Waals surface area contributed by atoms with Gasteiger partial charge in [0.15, 0.2) is 5.78 Å². The average Bonchev–Trinajstić information content (AvgIpc) is 2.40. The first-order chi connectivity index (χ1) is 8.14. The predicted molar refractivity (Wildman–Crippen MR) is 66.5 cm³/mol. The number of hydrogen-bond acceptors (Lipinski definition) is 3. The van der Waals surface area contributed by atoms with Crippen molar-refractivity contribution in [1.82, 2.24) is 0 Å². The molecule has 0 heterocycles. The summed E-state index contributed by atoms with van der Waals surface area (Å²) in [4.78, 5) is 12.1. The van der Waals surface area contributed by atoms with Gasteiger partial charge in [-0.2, -0.15) is 0 Å². The number of hydrogen-bond donors (Lipinski definition) is 1. The Balaban J connectivity index is 2.17. The summed E-state index contributed by atoms with van der Waals surface area (Å²) in [5, 5.41) is 0. The van der Waals surface area contributed by atoms with Crippen LogP contribution in [-0.2, 0) is 4.74 Å². The molecular weight excluding hydrogens is 214 g/mol. The molecular formula is C14H15NO2. The first kappa shape index (κ1) is 11.8. The Bertz CT molecular complexity index is 476. The second kappa shape index (κ2) is 4.65. The zero-order valence-corrected chi connectivity index (χ0v) is 9.72. The highest BCUT2D eigenvalue weighted by molar-refractivity contribution is 6.10. The summed E-state index contributed by atoms with van der Waals surface area (Å²) in [6, 6.07) is 9.19. The Morgan fingerprint density at radius 2 is 2.06 bits per heavy atom. The van der Waals surface area contributed by atoms with Crippen molar-refractivity contribution in [3.05, 3.63) is 59.7 Å². The monoisotopic (exact) mass is 229 g/mol. The van der Waals surface area contributed by atoms with Gasteiger partial charge in [0.05, 0.1) is 0 Å². The number of rotatable bonds is 3. The molecule has 1 aliphatic rings. The number of carbonyl (C=O) groups is 1. The first-order valence-electron chi connectivity index (χ1n) is 5.48. The van der Waals surface area contributed by atoms with E-state index in [0.29, 0.717) is 17.6 Å². The van der Waals surface area contributed by atoms with Crippen molar-refractivity contribution < 1.29 is 9.53 Å². The van der Waals surface area contributed by atoms with Gasteiger partial charge >= 0.3 is 0 Å². The van der Waals surface area contributed by atoms with Crippen LogP contribution in [0.1, 0.15) is 16.8 Å². The molecule has 3 nitrogen and oxygen atoms in total. The Kier molecular flexibility index (Phi) is 3.22.